The summed E-state index contributed by atoms with van der Waals surface area (Å²) in [5.41, 5.74) is 1.67. The van der Waals surface area contributed by atoms with Crippen LogP contribution in [0.15, 0.2) is 66.7 Å². The van der Waals surface area contributed by atoms with Crippen LogP contribution in [0.3, 0.4) is 0 Å². The molecule has 2 aromatic carbocycles. The molecule has 0 amide bonds. The molecule has 0 aliphatic rings. The van der Waals surface area contributed by atoms with Crippen LogP contribution < -0.4 is 9.61 Å². The Bertz CT molecular complexity index is 748. The van der Waals surface area contributed by atoms with Crippen molar-refractivity contribution in [3.8, 4) is 17.6 Å². The SMILES string of the molecule is CCOC(=O)/C=C/C#Cc1ccc(NSOOc2ccccc2)cc1. The van der Waals surface area contributed by atoms with Gasteiger partial charge >= 0.3 is 5.97 Å². The first-order chi connectivity index (χ1) is 12.3. The number of benzene rings is 2. The summed E-state index contributed by atoms with van der Waals surface area (Å²) in [6.07, 6.45) is 2.77. The fourth-order valence-corrected chi connectivity index (χ4v) is 2.02. The van der Waals surface area contributed by atoms with Crippen molar-refractivity contribution in [1.29, 1.82) is 0 Å². The second-order valence-electron chi connectivity index (χ2n) is 4.58. The standard InChI is InChI=1S/C19H17NO4S/c1-2-22-19(21)11-7-6-8-16-12-14-17(15-13-16)20-25-24-23-18-9-4-3-5-10-18/h3-5,7,9-15,20H,2H2,1H3/b11-7+. The quantitative estimate of drug-likeness (QED) is 0.118. The summed E-state index contributed by atoms with van der Waals surface area (Å²) < 4.78 is 12.7. The molecule has 0 aliphatic carbocycles. The molecule has 0 spiro atoms. The van der Waals surface area contributed by atoms with Gasteiger partial charge in [-0.2, -0.15) is 0 Å². The lowest BCUT2D eigenvalue weighted by molar-refractivity contribution is -0.137. The Hall–Kier alpha value is -2.88. The van der Waals surface area contributed by atoms with Crippen LogP contribution >= 0.6 is 12.2 Å². The average Bonchev–Trinajstić information content (AvgIpc) is 2.65. The van der Waals surface area contributed by atoms with Crippen molar-refractivity contribution in [2.75, 3.05) is 11.3 Å². The lowest BCUT2D eigenvalue weighted by Crippen LogP contribution is -1.98. The van der Waals surface area contributed by atoms with Crippen LogP contribution in [-0.4, -0.2) is 12.6 Å². The van der Waals surface area contributed by atoms with Gasteiger partial charge in [-0.1, -0.05) is 34.4 Å². The molecule has 0 saturated heterocycles. The predicted molar refractivity (Wildman–Crippen MR) is 98.5 cm³/mol. The number of anilines is 1. The number of carbonyl (C=O) groups excluding carboxylic acids is 1. The van der Waals surface area contributed by atoms with Crippen LogP contribution in [0.2, 0.25) is 0 Å². The summed E-state index contributed by atoms with van der Waals surface area (Å²) in [5.74, 6) is 5.93. The second-order valence-corrected chi connectivity index (χ2v) is 5.09. The largest absolute Gasteiger partial charge is 0.463 e. The highest BCUT2D eigenvalue weighted by Crippen LogP contribution is 2.16. The maximum absolute atomic E-state index is 11.1. The van der Waals surface area contributed by atoms with Crippen molar-refractivity contribution in [3.05, 3.63) is 72.3 Å². The second kappa shape index (κ2) is 10.8. The third-order valence-electron chi connectivity index (χ3n) is 2.76. The van der Waals surface area contributed by atoms with Gasteiger partial charge in [0, 0.05) is 17.3 Å². The minimum absolute atomic E-state index is 0.350. The van der Waals surface area contributed by atoms with E-state index in [0.29, 0.717) is 12.4 Å². The molecule has 6 heteroatoms. The van der Waals surface area contributed by atoms with Gasteiger partial charge in [0.05, 0.1) is 6.61 Å². The fraction of sp³-hybridized carbons (Fsp3) is 0.105. The van der Waals surface area contributed by atoms with Crippen molar-refractivity contribution in [3.63, 3.8) is 0 Å². The van der Waals surface area contributed by atoms with Crippen LogP contribution in [0.5, 0.6) is 5.75 Å². The van der Waals surface area contributed by atoms with Crippen LogP contribution in [0, 0.1) is 11.8 Å². The number of carbonyl (C=O) groups is 1. The van der Waals surface area contributed by atoms with Gasteiger partial charge in [0.25, 0.3) is 0 Å². The van der Waals surface area contributed by atoms with E-state index in [1.165, 1.54) is 12.2 Å². The lowest BCUT2D eigenvalue weighted by Gasteiger charge is -2.05. The van der Waals surface area contributed by atoms with E-state index in [9.17, 15) is 4.79 Å². The number of para-hydroxylation sites is 1. The van der Waals surface area contributed by atoms with Gasteiger partial charge in [0.15, 0.2) is 18.0 Å². The highest BCUT2D eigenvalue weighted by Gasteiger charge is 1.96. The van der Waals surface area contributed by atoms with Crippen LogP contribution in [-0.2, 0) is 13.9 Å². The lowest BCUT2D eigenvalue weighted by atomic mass is 10.2. The summed E-state index contributed by atoms with van der Waals surface area (Å²) in [4.78, 5) is 16.2. The molecule has 0 heterocycles. The zero-order chi connectivity index (χ0) is 17.7. The number of rotatable bonds is 7. The molecule has 0 fully saturated rings. The van der Waals surface area contributed by atoms with E-state index in [-0.39, 0.29) is 0 Å². The smallest absolute Gasteiger partial charge is 0.331 e. The third-order valence-corrected chi connectivity index (χ3v) is 3.21. The van der Waals surface area contributed by atoms with E-state index in [1.54, 1.807) is 19.1 Å². The molecule has 0 radical (unpaired) electrons. The van der Waals surface area contributed by atoms with Gasteiger partial charge < -0.3 is 14.3 Å². The summed E-state index contributed by atoms with van der Waals surface area (Å²) in [5, 5.41) is 0. The van der Waals surface area contributed by atoms with E-state index < -0.39 is 5.97 Å². The van der Waals surface area contributed by atoms with Gasteiger partial charge in [0.2, 0.25) is 0 Å². The van der Waals surface area contributed by atoms with Gasteiger partial charge in [-0.15, -0.1) is 0 Å². The molecule has 128 valence electrons. The summed E-state index contributed by atoms with van der Waals surface area (Å²) in [7, 11) is 0. The summed E-state index contributed by atoms with van der Waals surface area (Å²) in [6, 6.07) is 16.6. The number of hydrogen-bond donors (Lipinski definition) is 1. The van der Waals surface area contributed by atoms with Crippen molar-refractivity contribution in [1.82, 2.24) is 0 Å². The van der Waals surface area contributed by atoms with E-state index in [4.69, 9.17) is 14.0 Å². The van der Waals surface area contributed by atoms with E-state index >= 15 is 0 Å². The Morgan fingerprint density at radius 2 is 1.92 bits per heavy atom. The van der Waals surface area contributed by atoms with E-state index in [1.807, 2.05) is 42.5 Å². The number of allylic oxidation sites excluding steroid dienone is 1. The average molecular weight is 355 g/mol. The summed E-state index contributed by atoms with van der Waals surface area (Å²) in [6.45, 7) is 2.10. The molecule has 0 unspecified atom stereocenters. The van der Waals surface area contributed by atoms with Gasteiger partial charge in [0.1, 0.15) is 0 Å². The number of esters is 1. The van der Waals surface area contributed by atoms with Gasteiger partial charge in [-0.25, -0.2) is 4.79 Å². The zero-order valence-electron chi connectivity index (χ0n) is 13.6. The third kappa shape index (κ3) is 7.48. The molecule has 25 heavy (non-hydrogen) atoms. The summed E-state index contributed by atoms with van der Waals surface area (Å²) >= 11 is 0.966. The Morgan fingerprint density at radius 3 is 2.64 bits per heavy atom. The van der Waals surface area contributed by atoms with Crippen LogP contribution in [0.25, 0.3) is 0 Å². The Balaban J connectivity index is 1.73. The van der Waals surface area contributed by atoms with Crippen LogP contribution in [0.1, 0.15) is 12.5 Å². The number of ether oxygens (including phenoxy) is 1. The molecular formula is C19H17NO4S. The monoisotopic (exact) mass is 355 g/mol. The molecule has 0 bridgehead atoms. The number of hydrogen-bond acceptors (Lipinski definition) is 6. The van der Waals surface area contributed by atoms with Crippen molar-refractivity contribution in [2.45, 2.75) is 6.92 Å². The Kier molecular flexibility index (Phi) is 7.98. The highest BCUT2D eigenvalue weighted by atomic mass is 32.2. The molecule has 2 aromatic rings. The molecule has 2 rings (SSSR count). The molecule has 5 nitrogen and oxygen atoms in total. The van der Waals surface area contributed by atoms with Crippen molar-refractivity contribution >= 4 is 23.9 Å². The minimum atomic E-state index is -0.397. The van der Waals surface area contributed by atoms with Crippen molar-refractivity contribution < 1.29 is 18.8 Å². The first-order valence-corrected chi connectivity index (χ1v) is 8.28. The predicted octanol–water partition coefficient (Wildman–Crippen LogP) is 4.14. The maximum Gasteiger partial charge on any atom is 0.331 e. The Morgan fingerprint density at radius 1 is 1.16 bits per heavy atom. The van der Waals surface area contributed by atoms with E-state index in [0.717, 1.165) is 23.5 Å². The van der Waals surface area contributed by atoms with E-state index in [2.05, 4.69) is 16.6 Å². The molecule has 0 atom stereocenters. The fourth-order valence-electron chi connectivity index (χ4n) is 1.64. The number of nitrogens with one attached hydrogen (secondary N) is 1. The van der Waals surface area contributed by atoms with Crippen molar-refractivity contribution in [2.24, 2.45) is 0 Å². The van der Waals surface area contributed by atoms with Crippen LogP contribution in [0.4, 0.5) is 5.69 Å². The normalized spacial score (nSPS) is 9.96. The van der Waals surface area contributed by atoms with Gasteiger partial charge in [-0.3, -0.25) is 0 Å². The maximum atomic E-state index is 11.1. The first-order valence-electron chi connectivity index (χ1n) is 7.54. The minimum Gasteiger partial charge on any atom is -0.463 e. The van der Waals surface area contributed by atoms with Gasteiger partial charge in [-0.05, 0) is 49.4 Å². The molecule has 0 saturated carbocycles. The molecular weight excluding hydrogens is 338 g/mol. The molecule has 1 N–H and O–H groups in total. The first kappa shape index (κ1) is 18.5. The Labute approximate surface area is 151 Å². The topological polar surface area (TPSA) is 56.8 Å². The molecule has 0 aliphatic heterocycles. The molecule has 0 aromatic heterocycles. The zero-order valence-corrected chi connectivity index (χ0v) is 14.4. The highest BCUT2D eigenvalue weighted by molar-refractivity contribution is 7.95.